The quantitative estimate of drug-likeness (QED) is 0.865. The maximum atomic E-state index is 6.35. The number of aromatic nitrogens is 2. The van der Waals surface area contributed by atoms with Gasteiger partial charge in [-0.05, 0) is 12.8 Å². The van der Waals surface area contributed by atoms with E-state index in [1.807, 2.05) is 12.5 Å². The van der Waals surface area contributed by atoms with E-state index in [4.69, 9.17) is 15.2 Å². The summed E-state index contributed by atoms with van der Waals surface area (Å²) < 4.78 is 13.0. The first-order chi connectivity index (χ1) is 8.84. The molecule has 0 radical (unpaired) electrons. The van der Waals surface area contributed by atoms with E-state index in [0.29, 0.717) is 11.8 Å². The Morgan fingerprint density at radius 2 is 2.17 bits per heavy atom. The Labute approximate surface area is 107 Å². The molecule has 2 saturated heterocycles. The molecule has 0 aliphatic carbocycles. The second-order valence-corrected chi connectivity index (χ2v) is 5.35. The van der Waals surface area contributed by atoms with Gasteiger partial charge in [-0.15, -0.1) is 0 Å². The van der Waals surface area contributed by atoms with E-state index in [9.17, 15) is 0 Å². The van der Waals surface area contributed by atoms with Crippen molar-refractivity contribution in [2.24, 2.45) is 17.6 Å². The lowest BCUT2D eigenvalue weighted by molar-refractivity contribution is 0.178. The molecule has 2 N–H and O–H groups in total. The molecule has 2 aliphatic rings. The fourth-order valence-corrected chi connectivity index (χ4v) is 2.84. The lowest BCUT2D eigenvalue weighted by Gasteiger charge is -2.20. The second kappa shape index (κ2) is 5.38. The van der Waals surface area contributed by atoms with Crippen molar-refractivity contribution >= 4 is 0 Å². The Balaban J connectivity index is 1.69. The lowest BCUT2D eigenvalue weighted by atomic mass is 9.97. The third kappa shape index (κ3) is 2.43. The van der Waals surface area contributed by atoms with Gasteiger partial charge in [0.25, 0.3) is 0 Å². The van der Waals surface area contributed by atoms with Crippen molar-refractivity contribution in [2.75, 3.05) is 26.4 Å². The summed E-state index contributed by atoms with van der Waals surface area (Å²) in [4.78, 5) is 4.26. The van der Waals surface area contributed by atoms with E-state index in [1.165, 1.54) is 0 Å². The first kappa shape index (κ1) is 12.1. The zero-order chi connectivity index (χ0) is 12.4. The molecular weight excluding hydrogens is 230 g/mol. The van der Waals surface area contributed by atoms with Crippen LogP contribution in [0.25, 0.3) is 0 Å². The van der Waals surface area contributed by atoms with Crippen LogP contribution in [0.1, 0.15) is 24.6 Å². The fourth-order valence-electron chi connectivity index (χ4n) is 2.84. The summed E-state index contributed by atoms with van der Waals surface area (Å²) in [7, 11) is 0. The Hall–Kier alpha value is -0.910. The molecular formula is C13H21N3O2. The molecule has 3 atom stereocenters. The van der Waals surface area contributed by atoms with Crippen molar-refractivity contribution in [3.05, 3.63) is 18.2 Å². The Kier molecular flexibility index (Phi) is 3.63. The molecule has 0 saturated carbocycles. The summed E-state index contributed by atoms with van der Waals surface area (Å²) >= 11 is 0. The van der Waals surface area contributed by atoms with Crippen molar-refractivity contribution in [3.8, 4) is 0 Å². The van der Waals surface area contributed by atoms with Gasteiger partial charge in [0.1, 0.15) is 0 Å². The summed E-state index contributed by atoms with van der Waals surface area (Å²) in [5.41, 5.74) is 7.48. The SMILES string of the molecule is NC(c1cncn1CC1CCOC1)C1CCOC1. The minimum absolute atomic E-state index is 0.0392. The van der Waals surface area contributed by atoms with E-state index in [1.54, 1.807) is 0 Å². The highest BCUT2D eigenvalue weighted by Crippen LogP contribution is 2.27. The lowest BCUT2D eigenvalue weighted by Crippen LogP contribution is -2.25. The molecule has 5 nitrogen and oxygen atoms in total. The number of hydrogen-bond acceptors (Lipinski definition) is 4. The number of nitrogens with zero attached hydrogens (tertiary/aromatic N) is 2. The molecule has 3 heterocycles. The highest BCUT2D eigenvalue weighted by atomic mass is 16.5. The highest BCUT2D eigenvalue weighted by molar-refractivity contribution is 5.07. The van der Waals surface area contributed by atoms with E-state index in [0.717, 1.165) is 51.5 Å². The summed E-state index contributed by atoms with van der Waals surface area (Å²) in [6.07, 6.45) is 5.99. The predicted molar refractivity (Wildman–Crippen MR) is 67.0 cm³/mol. The van der Waals surface area contributed by atoms with Crippen molar-refractivity contribution in [3.63, 3.8) is 0 Å². The monoisotopic (exact) mass is 251 g/mol. The van der Waals surface area contributed by atoms with Gasteiger partial charge in [0.2, 0.25) is 0 Å². The van der Waals surface area contributed by atoms with Gasteiger partial charge in [0, 0.05) is 37.8 Å². The summed E-state index contributed by atoms with van der Waals surface area (Å²) in [5.74, 6) is 1.03. The molecule has 18 heavy (non-hydrogen) atoms. The van der Waals surface area contributed by atoms with Gasteiger partial charge in [-0.1, -0.05) is 0 Å². The van der Waals surface area contributed by atoms with Crippen LogP contribution in [-0.4, -0.2) is 36.0 Å². The second-order valence-electron chi connectivity index (χ2n) is 5.35. The standard InChI is InChI=1S/C13H21N3O2/c14-13(11-2-4-18-8-11)12-5-15-9-16(12)6-10-1-3-17-7-10/h5,9-11,13H,1-4,6-8,14H2. The van der Waals surface area contributed by atoms with Crippen LogP contribution in [0.4, 0.5) is 0 Å². The van der Waals surface area contributed by atoms with Crippen LogP contribution >= 0.6 is 0 Å². The number of nitrogens with two attached hydrogens (primary N) is 1. The van der Waals surface area contributed by atoms with Crippen molar-refractivity contribution < 1.29 is 9.47 Å². The average Bonchev–Trinajstić information content (AvgIpc) is 3.12. The van der Waals surface area contributed by atoms with Crippen molar-refractivity contribution in [2.45, 2.75) is 25.4 Å². The van der Waals surface area contributed by atoms with Crippen LogP contribution in [-0.2, 0) is 16.0 Å². The van der Waals surface area contributed by atoms with Gasteiger partial charge < -0.3 is 19.8 Å². The summed E-state index contributed by atoms with van der Waals surface area (Å²) in [6, 6.07) is 0.0392. The molecule has 0 bridgehead atoms. The maximum Gasteiger partial charge on any atom is 0.0948 e. The van der Waals surface area contributed by atoms with Crippen molar-refractivity contribution in [1.29, 1.82) is 0 Å². The number of imidazole rings is 1. The normalized spacial score (nSPS) is 29.8. The Bertz CT molecular complexity index is 381. The number of hydrogen-bond donors (Lipinski definition) is 1. The van der Waals surface area contributed by atoms with Gasteiger partial charge >= 0.3 is 0 Å². The molecule has 3 rings (SSSR count). The highest BCUT2D eigenvalue weighted by Gasteiger charge is 2.27. The van der Waals surface area contributed by atoms with Gasteiger partial charge in [-0.25, -0.2) is 4.98 Å². The van der Waals surface area contributed by atoms with Gasteiger partial charge in [-0.3, -0.25) is 0 Å². The molecule has 0 spiro atoms. The Morgan fingerprint density at radius 3 is 2.89 bits per heavy atom. The minimum atomic E-state index is 0.0392. The maximum absolute atomic E-state index is 6.35. The summed E-state index contributed by atoms with van der Waals surface area (Å²) in [5, 5.41) is 0. The third-order valence-corrected chi connectivity index (χ3v) is 4.04. The average molecular weight is 251 g/mol. The van der Waals surface area contributed by atoms with Gasteiger partial charge in [0.15, 0.2) is 0 Å². The molecule has 3 unspecified atom stereocenters. The molecule has 0 aromatic carbocycles. The molecule has 5 heteroatoms. The first-order valence-corrected chi connectivity index (χ1v) is 6.75. The zero-order valence-electron chi connectivity index (χ0n) is 10.6. The van der Waals surface area contributed by atoms with Crippen LogP contribution in [0.3, 0.4) is 0 Å². The minimum Gasteiger partial charge on any atom is -0.381 e. The van der Waals surface area contributed by atoms with Crippen LogP contribution < -0.4 is 5.73 Å². The topological polar surface area (TPSA) is 62.3 Å². The summed E-state index contributed by atoms with van der Waals surface area (Å²) in [6.45, 7) is 4.33. The van der Waals surface area contributed by atoms with Crippen LogP contribution in [0, 0.1) is 11.8 Å². The molecule has 0 amide bonds. The molecule has 1 aromatic heterocycles. The van der Waals surface area contributed by atoms with E-state index < -0.39 is 0 Å². The molecule has 2 fully saturated rings. The van der Waals surface area contributed by atoms with Gasteiger partial charge in [0.05, 0.1) is 31.3 Å². The number of ether oxygens (including phenoxy) is 2. The number of rotatable bonds is 4. The molecule has 2 aliphatic heterocycles. The fraction of sp³-hybridized carbons (Fsp3) is 0.769. The van der Waals surface area contributed by atoms with E-state index in [-0.39, 0.29) is 6.04 Å². The Morgan fingerprint density at radius 1 is 1.33 bits per heavy atom. The third-order valence-electron chi connectivity index (χ3n) is 4.04. The molecule has 1 aromatic rings. The largest absolute Gasteiger partial charge is 0.381 e. The van der Waals surface area contributed by atoms with Crippen LogP contribution in [0.15, 0.2) is 12.5 Å². The zero-order valence-corrected chi connectivity index (χ0v) is 10.6. The predicted octanol–water partition coefficient (Wildman–Crippen LogP) is 0.956. The smallest absolute Gasteiger partial charge is 0.0948 e. The van der Waals surface area contributed by atoms with E-state index >= 15 is 0 Å². The molecule has 100 valence electrons. The first-order valence-electron chi connectivity index (χ1n) is 6.75. The van der Waals surface area contributed by atoms with E-state index in [2.05, 4.69) is 9.55 Å². The van der Waals surface area contributed by atoms with Crippen LogP contribution in [0.2, 0.25) is 0 Å². The van der Waals surface area contributed by atoms with Crippen LogP contribution in [0.5, 0.6) is 0 Å². The van der Waals surface area contributed by atoms with Crippen molar-refractivity contribution in [1.82, 2.24) is 9.55 Å². The van der Waals surface area contributed by atoms with Gasteiger partial charge in [-0.2, -0.15) is 0 Å².